The molecule has 0 atom stereocenters. The number of aromatic nitrogens is 2. The molecule has 2 N–H and O–H groups in total. The average Bonchev–Trinajstić information content (AvgIpc) is 2.81. The van der Waals surface area contributed by atoms with Crippen LogP contribution in [0.25, 0.3) is 5.52 Å². The Morgan fingerprint density at radius 2 is 2.05 bits per heavy atom. The molecular weight excluding hydrogens is 268 g/mol. The van der Waals surface area contributed by atoms with Gasteiger partial charge < -0.3 is 20.1 Å². The summed E-state index contributed by atoms with van der Waals surface area (Å²) in [6.45, 7) is 5.94. The summed E-state index contributed by atoms with van der Waals surface area (Å²) in [5.41, 5.74) is 7.48. The predicted octanol–water partition coefficient (Wildman–Crippen LogP) is 1.65. The number of likely N-dealkylation sites (N-methyl/N-ethyl adjacent to an activating group) is 1. The second-order valence-corrected chi connectivity index (χ2v) is 5.01. The summed E-state index contributed by atoms with van der Waals surface area (Å²) >= 11 is 0. The molecule has 21 heavy (non-hydrogen) atoms. The van der Waals surface area contributed by atoms with E-state index < -0.39 is 0 Å². The first-order valence-corrected chi connectivity index (χ1v) is 7.34. The Morgan fingerprint density at radius 1 is 1.24 bits per heavy atom. The van der Waals surface area contributed by atoms with E-state index in [2.05, 4.69) is 16.9 Å². The molecule has 116 valence electrons. The minimum Gasteiger partial charge on any atom is -0.474 e. The first kappa shape index (κ1) is 15.6. The SMILES string of the molecule is CCCOCCN(C)CCOc1nn2ccccc2c1N. The van der Waals surface area contributed by atoms with Gasteiger partial charge in [-0.15, -0.1) is 5.10 Å². The van der Waals surface area contributed by atoms with E-state index in [0.717, 1.165) is 38.2 Å². The number of fused-ring (bicyclic) bond motifs is 1. The zero-order valence-corrected chi connectivity index (χ0v) is 12.8. The molecule has 2 aromatic rings. The van der Waals surface area contributed by atoms with Crippen LogP contribution in [-0.4, -0.2) is 54.5 Å². The topological polar surface area (TPSA) is 65.0 Å². The van der Waals surface area contributed by atoms with Gasteiger partial charge in [0.1, 0.15) is 12.3 Å². The fourth-order valence-electron chi connectivity index (χ4n) is 1.98. The number of nitrogens with zero attached hydrogens (tertiary/aromatic N) is 3. The van der Waals surface area contributed by atoms with Crippen molar-refractivity contribution >= 4 is 11.2 Å². The molecule has 0 saturated carbocycles. The lowest BCUT2D eigenvalue weighted by Crippen LogP contribution is -2.28. The van der Waals surface area contributed by atoms with Crippen LogP contribution in [0.5, 0.6) is 5.88 Å². The zero-order chi connectivity index (χ0) is 15.1. The highest BCUT2D eigenvalue weighted by molar-refractivity contribution is 5.74. The normalized spacial score (nSPS) is 11.4. The van der Waals surface area contributed by atoms with Crippen LogP contribution in [0.4, 0.5) is 5.69 Å². The fourth-order valence-corrected chi connectivity index (χ4v) is 1.98. The van der Waals surface area contributed by atoms with E-state index in [0.29, 0.717) is 18.2 Å². The summed E-state index contributed by atoms with van der Waals surface area (Å²) in [6, 6.07) is 5.76. The van der Waals surface area contributed by atoms with Gasteiger partial charge >= 0.3 is 0 Å². The van der Waals surface area contributed by atoms with Crippen molar-refractivity contribution in [1.29, 1.82) is 0 Å². The molecule has 0 spiro atoms. The maximum Gasteiger partial charge on any atom is 0.257 e. The van der Waals surface area contributed by atoms with E-state index in [9.17, 15) is 0 Å². The minimum absolute atomic E-state index is 0.497. The fraction of sp³-hybridized carbons (Fsp3) is 0.533. The Bertz CT molecular complexity index is 556. The van der Waals surface area contributed by atoms with Crippen LogP contribution in [0.15, 0.2) is 24.4 Å². The van der Waals surface area contributed by atoms with Crippen LogP contribution < -0.4 is 10.5 Å². The lowest BCUT2D eigenvalue weighted by molar-refractivity contribution is 0.107. The Labute approximate surface area is 125 Å². The standard InChI is InChI=1S/C15H24N4O2/c1-3-10-20-11-8-18(2)9-12-21-15-14(16)13-6-4-5-7-19(13)17-15/h4-7H,3,8-12,16H2,1-2H3. The zero-order valence-electron chi connectivity index (χ0n) is 12.8. The molecule has 0 saturated heterocycles. The second-order valence-electron chi connectivity index (χ2n) is 5.01. The van der Waals surface area contributed by atoms with Gasteiger partial charge in [-0.1, -0.05) is 13.0 Å². The van der Waals surface area contributed by atoms with E-state index in [1.807, 2.05) is 31.4 Å². The lowest BCUT2D eigenvalue weighted by Gasteiger charge is -2.16. The minimum atomic E-state index is 0.497. The van der Waals surface area contributed by atoms with Gasteiger partial charge in [-0.2, -0.15) is 0 Å². The van der Waals surface area contributed by atoms with Crippen LogP contribution >= 0.6 is 0 Å². The number of rotatable bonds is 9. The number of ether oxygens (including phenoxy) is 2. The highest BCUT2D eigenvalue weighted by Gasteiger charge is 2.10. The van der Waals surface area contributed by atoms with E-state index in [1.165, 1.54) is 0 Å². The Balaban J connectivity index is 1.76. The third kappa shape index (κ3) is 4.34. The number of hydrogen-bond donors (Lipinski definition) is 1. The summed E-state index contributed by atoms with van der Waals surface area (Å²) in [5, 5.41) is 4.32. The Kier molecular flexibility index (Phi) is 5.83. The molecule has 2 rings (SSSR count). The van der Waals surface area contributed by atoms with Crippen molar-refractivity contribution in [3.8, 4) is 5.88 Å². The molecule has 6 nitrogen and oxygen atoms in total. The van der Waals surface area contributed by atoms with E-state index in [1.54, 1.807) is 4.52 Å². The number of pyridine rings is 1. The highest BCUT2D eigenvalue weighted by atomic mass is 16.5. The molecule has 0 amide bonds. The third-order valence-corrected chi connectivity index (χ3v) is 3.22. The van der Waals surface area contributed by atoms with Crippen molar-refractivity contribution in [1.82, 2.24) is 14.5 Å². The van der Waals surface area contributed by atoms with Gasteiger partial charge in [0.2, 0.25) is 0 Å². The maximum absolute atomic E-state index is 6.03. The summed E-state index contributed by atoms with van der Waals surface area (Å²) in [5.74, 6) is 0.497. The van der Waals surface area contributed by atoms with Crippen molar-refractivity contribution in [2.45, 2.75) is 13.3 Å². The van der Waals surface area contributed by atoms with Gasteiger partial charge in [0, 0.05) is 25.9 Å². The van der Waals surface area contributed by atoms with Crippen molar-refractivity contribution in [3.05, 3.63) is 24.4 Å². The molecule has 2 aromatic heterocycles. The van der Waals surface area contributed by atoms with Crippen LogP contribution in [0.1, 0.15) is 13.3 Å². The summed E-state index contributed by atoms with van der Waals surface area (Å²) in [4.78, 5) is 2.17. The van der Waals surface area contributed by atoms with Crippen LogP contribution in [0, 0.1) is 0 Å². The van der Waals surface area contributed by atoms with E-state index in [4.69, 9.17) is 15.2 Å². The molecule has 0 aromatic carbocycles. The van der Waals surface area contributed by atoms with Crippen molar-refractivity contribution in [2.75, 3.05) is 45.7 Å². The second kappa shape index (κ2) is 7.85. The lowest BCUT2D eigenvalue weighted by atomic mass is 10.4. The molecular formula is C15H24N4O2. The number of nitrogens with two attached hydrogens (primary N) is 1. The molecule has 0 aliphatic carbocycles. The van der Waals surface area contributed by atoms with Gasteiger partial charge in [-0.3, -0.25) is 0 Å². The maximum atomic E-state index is 6.03. The smallest absolute Gasteiger partial charge is 0.257 e. The molecule has 0 aliphatic heterocycles. The van der Waals surface area contributed by atoms with E-state index in [-0.39, 0.29) is 0 Å². The van der Waals surface area contributed by atoms with Gasteiger partial charge in [-0.25, -0.2) is 4.52 Å². The monoisotopic (exact) mass is 292 g/mol. The highest BCUT2D eigenvalue weighted by Crippen LogP contribution is 2.24. The van der Waals surface area contributed by atoms with Gasteiger partial charge in [0.15, 0.2) is 0 Å². The van der Waals surface area contributed by atoms with Crippen molar-refractivity contribution in [3.63, 3.8) is 0 Å². The number of nitrogen functional groups attached to an aromatic ring is 1. The quantitative estimate of drug-likeness (QED) is 0.712. The predicted molar refractivity (Wildman–Crippen MR) is 83.7 cm³/mol. The van der Waals surface area contributed by atoms with Crippen LogP contribution in [0.2, 0.25) is 0 Å². The van der Waals surface area contributed by atoms with Crippen LogP contribution in [-0.2, 0) is 4.74 Å². The molecule has 0 unspecified atom stereocenters. The number of hydrogen-bond acceptors (Lipinski definition) is 5. The molecule has 0 aliphatic rings. The Morgan fingerprint density at radius 3 is 2.81 bits per heavy atom. The molecule has 0 radical (unpaired) electrons. The first-order chi connectivity index (χ1) is 10.2. The largest absolute Gasteiger partial charge is 0.474 e. The number of anilines is 1. The summed E-state index contributed by atoms with van der Waals surface area (Å²) in [7, 11) is 2.05. The van der Waals surface area contributed by atoms with Crippen LogP contribution in [0.3, 0.4) is 0 Å². The van der Waals surface area contributed by atoms with Gasteiger partial charge in [0.05, 0.1) is 12.1 Å². The van der Waals surface area contributed by atoms with Crippen molar-refractivity contribution < 1.29 is 9.47 Å². The molecule has 0 fully saturated rings. The first-order valence-electron chi connectivity index (χ1n) is 7.34. The van der Waals surface area contributed by atoms with Crippen molar-refractivity contribution in [2.24, 2.45) is 0 Å². The van der Waals surface area contributed by atoms with Gasteiger partial charge in [-0.05, 0) is 25.6 Å². The summed E-state index contributed by atoms with van der Waals surface area (Å²) in [6.07, 6.45) is 2.91. The molecule has 6 heteroatoms. The molecule has 2 heterocycles. The third-order valence-electron chi connectivity index (χ3n) is 3.22. The Hall–Kier alpha value is -1.79. The van der Waals surface area contributed by atoms with E-state index >= 15 is 0 Å². The summed E-state index contributed by atoms with van der Waals surface area (Å²) < 4.78 is 12.9. The average molecular weight is 292 g/mol. The molecule has 0 bridgehead atoms. The van der Waals surface area contributed by atoms with Gasteiger partial charge in [0.25, 0.3) is 5.88 Å².